The molecule has 1 heterocycles. The molecule has 1 aromatic rings. The van der Waals surface area contributed by atoms with Crippen molar-refractivity contribution in [3.63, 3.8) is 0 Å². The van der Waals surface area contributed by atoms with Gasteiger partial charge in [-0.1, -0.05) is 0 Å². The molecular weight excluding hydrogens is 228 g/mol. The average molecular weight is 248 g/mol. The number of aliphatic hydroxyl groups excluding tert-OH is 1. The number of nitrogens with one attached hydrogen (secondary N) is 1. The summed E-state index contributed by atoms with van der Waals surface area (Å²) in [6.45, 7) is 3.96. The number of hydrogen-bond acceptors (Lipinski definition) is 3. The zero-order chi connectivity index (χ0) is 13.3. The number of rotatable bonds is 3. The van der Waals surface area contributed by atoms with Gasteiger partial charge in [0.25, 0.3) is 0 Å². The molecule has 4 heteroatoms. The van der Waals surface area contributed by atoms with Crippen molar-refractivity contribution in [2.45, 2.75) is 32.2 Å². The SMILES string of the molecule is CN1C(=O)CCc2cc(NC(C)(C)CO)ccc21. The highest BCUT2D eigenvalue weighted by Crippen LogP contribution is 2.30. The van der Waals surface area contributed by atoms with Crippen LogP contribution in [0.15, 0.2) is 18.2 Å². The molecule has 0 radical (unpaired) electrons. The predicted molar refractivity (Wildman–Crippen MR) is 73.0 cm³/mol. The molecule has 1 aromatic carbocycles. The van der Waals surface area contributed by atoms with Gasteiger partial charge in [0.05, 0.1) is 12.1 Å². The van der Waals surface area contributed by atoms with E-state index in [1.54, 1.807) is 4.90 Å². The lowest BCUT2D eigenvalue weighted by Crippen LogP contribution is -2.35. The molecule has 1 aliphatic heterocycles. The standard InChI is InChI=1S/C14H20N2O2/c1-14(2,9-17)15-11-5-6-12-10(8-11)4-7-13(18)16(12)3/h5-6,8,15,17H,4,7,9H2,1-3H3. The Morgan fingerprint density at radius 2 is 2.11 bits per heavy atom. The quantitative estimate of drug-likeness (QED) is 0.857. The zero-order valence-electron chi connectivity index (χ0n) is 11.2. The van der Waals surface area contributed by atoms with Crippen LogP contribution in [0.3, 0.4) is 0 Å². The number of fused-ring (bicyclic) bond motifs is 1. The van der Waals surface area contributed by atoms with Crippen LogP contribution in [-0.2, 0) is 11.2 Å². The third-order valence-electron chi connectivity index (χ3n) is 3.30. The van der Waals surface area contributed by atoms with Crippen LogP contribution in [0.1, 0.15) is 25.8 Å². The lowest BCUT2D eigenvalue weighted by Gasteiger charge is -2.29. The molecule has 4 nitrogen and oxygen atoms in total. The van der Waals surface area contributed by atoms with Crippen molar-refractivity contribution in [1.82, 2.24) is 0 Å². The Morgan fingerprint density at radius 3 is 2.78 bits per heavy atom. The summed E-state index contributed by atoms with van der Waals surface area (Å²) in [4.78, 5) is 13.3. The summed E-state index contributed by atoms with van der Waals surface area (Å²) in [6.07, 6.45) is 1.35. The van der Waals surface area contributed by atoms with Gasteiger partial charge in [-0.05, 0) is 44.0 Å². The molecule has 98 valence electrons. The van der Waals surface area contributed by atoms with E-state index in [9.17, 15) is 9.90 Å². The first kappa shape index (κ1) is 12.9. The number of aliphatic hydroxyl groups is 1. The second-order valence-electron chi connectivity index (χ2n) is 5.46. The van der Waals surface area contributed by atoms with Crippen LogP contribution in [0.5, 0.6) is 0 Å². The van der Waals surface area contributed by atoms with Crippen molar-refractivity contribution in [2.75, 3.05) is 23.9 Å². The predicted octanol–water partition coefficient (Wildman–Crippen LogP) is 1.78. The lowest BCUT2D eigenvalue weighted by atomic mass is 10.00. The Hall–Kier alpha value is -1.55. The number of carbonyl (C=O) groups is 1. The minimum absolute atomic E-state index is 0.0719. The topological polar surface area (TPSA) is 52.6 Å². The first-order valence-corrected chi connectivity index (χ1v) is 6.21. The fourth-order valence-corrected chi connectivity index (χ4v) is 2.16. The molecule has 18 heavy (non-hydrogen) atoms. The van der Waals surface area contributed by atoms with Crippen molar-refractivity contribution >= 4 is 17.3 Å². The number of anilines is 2. The van der Waals surface area contributed by atoms with Gasteiger partial charge in [-0.15, -0.1) is 0 Å². The Balaban J connectivity index is 2.26. The van der Waals surface area contributed by atoms with Gasteiger partial charge in [0.2, 0.25) is 5.91 Å². The van der Waals surface area contributed by atoms with E-state index < -0.39 is 0 Å². The third kappa shape index (κ3) is 2.48. The van der Waals surface area contributed by atoms with Gasteiger partial charge >= 0.3 is 0 Å². The van der Waals surface area contributed by atoms with Crippen LogP contribution >= 0.6 is 0 Å². The molecule has 0 saturated heterocycles. The van der Waals surface area contributed by atoms with Gasteiger partial charge in [0.1, 0.15) is 0 Å². The van der Waals surface area contributed by atoms with E-state index in [1.165, 1.54) is 5.56 Å². The highest BCUT2D eigenvalue weighted by molar-refractivity contribution is 5.96. The van der Waals surface area contributed by atoms with Gasteiger partial charge in [-0.3, -0.25) is 4.79 Å². The van der Waals surface area contributed by atoms with E-state index in [-0.39, 0.29) is 18.1 Å². The molecule has 0 aromatic heterocycles. The average Bonchev–Trinajstić information content (AvgIpc) is 2.34. The molecular formula is C14H20N2O2. The fourth-order valence-electron chi connectivity index (χ4n) is 2.16. The Kier molecular flexibility index (Phi) is 3.30. The van der Waals surface area contributed by atoms with Crippen LogP contribution in [0, 0.1) is 0 Å². The molecule has 0 unspecified atom stereocenters. The van der Waals surface area contributed by atoms with Crippen LogP contribution in [0.2, 0.25) is 0 Å². The van der Waals surface area contributed by atoms with Crippen molar-refractivity contribution in [3.05, 3.63) is 23.8 Å². The molecule has 0 fully saturated rings. The molecule has 2 N–H and O–H groups in total. The second kappa shape index (κ2) is 4.61. The van der Waals surface area contributed by atoms with Gasteiger partial charge in [0.15, 0.2) is 0 Å². The summed E-state index contributed by atoms with van der Waals surface area (Å²) in [7, 11) is 1.81. The summed E-state index contributed by atoms with van der Waals surface area (Å²) in [5.74, 6) is 0.166. The van der Waals surface area contributed by atoms with E-state index in [2.05, 4.69) is 11.4 Å². The normalized spacial score (nSPS) is 15.6. The summed E-state index contributed by atoms with van der Waals surface area (Å²) < 4.78 is 0. The van der Waals surface area contributed by atoms with Crippen molar-refractivity contribution in [2.24, 2.45) is 0 Å². The number of benzene rings is 1. The molecule has 0 saturated carbocycles. The minimum Gasteiger partial charge on any atom is -0.394 e. The molecule has 1 aliphatic rings. The summed E-state index contributed by atoms with van der Waals surface area (Å²) in [5, 5.41) is 12.5. The molecule has 1 amide bonds. The van der Waals surface area contributed by atoms with Crippen LogP contribution < -0.4 is 10.2 Å². The van der Waals surface area contributed by atoms with E-state index in [0.717, 1.165) is 17.8 Å². The number of amides is 1. The first-order chi connectivity index (χ1) is 8.43. The first-order valence-electron chi connectivity index (χ1n) is 6.21. The van der Waals surface area contributed by atoms with Crippen LogP contribution in [0.4, 0.5) is 11.4 Å². The molecule has 0 bridgehead atoms. The molecule has 0 atom stereocenters. The van der Waals surface area contributed by atoms with Crippen molar-refractivity contribution < 1.29 is 9.90 Å². The summed E-state index contributed by atoms with van der Waals surface area (Å²) in [5.41, 5.74) is 2.80. The summed E-state index contributed by atoms with van der Waals surface area (Å²) >= 11 is 0. The Morgan fingerprint density at radius 1 is 1.39 bits per heavy atom. The van der Waals surface area contributed by atoms with Crippen LogP contribution in [0.25, 0.3) is 0 Å². The second-order valence-corrected chi connectivity index (χ2v) is 5.46. The maximum absolute atomic E-state index is 11.6. The highest BCUT2D eigenvalue weighted by atomic mass is 16.3. The number of carbonyl (C=O) groups excluding carboxylic acids is 1. The summed E-state index contributed by atoms with van der Waals surface area (Å²) in [6, 6.07) is 5.98. The van der Waals surface area contributed by atoms with Crippen molar-refractivity contribution in [3.8, 4) is 0 Å². The van der Waals surface area contributed by atoms with Gasteiger partial charge in [-0.2, -0.15) is 0 Å². The zero-order valence-corrected chi connectivity index (χ0v) is 11.2. The van der Waals surface area contributed by atoms with Crippen LogP contribution in [-0.4, -0.2) is 30.2 Å². The van der Waals surface area contributed by atoms with E-state index in [4.69, 9.17) is 0 Å². The minimum atomic E-state index is -0.343. The maximum Gasteiger partial charge on any atom is 0.227 e. The highest BCUT2D eigenvalue weighted by Gasteiger charge is 2.22. The number of hydrogen-bond donors (Lipinski definition) is 2. The van der Waals surface area contributed by atoms with E-state index >= 15 is 0 Å². The largest absolute Gasteiger partial charge is 0.394 e. The molecule has 0 aliphatic carbocycles. The molecule has 2 rings (SSSR count). The Bertz CT molecular complexity index is 469. The number of aryl methyl sites for hydroxylation is 1. The van der Waals surface area contributed by atoms with E-state index in [0.29, 0.717) is 6.42 Å². The van der Waals surface area contributed by atoms with Gasteiger partial charge < -0.3 is 15.3 Å². The van der Waals surface area contributed by atoms with Crippen molar-refractivity contribution in [1.29, 1.82) is 0 Å². The smallest absolute Gasteiger partial charge is 0.227 e. The lowest BCUT2D eigenvalue weighted by molar-refractivity contribution is -0.118. The maximum atomic E-state index is 11.6. The number of nitrogens with zero attached hydrogens (tertiary/aromatic N) is 1. The monoisotopic (exact) mass is 248 g/mol. The third-order valence-corrected chi connectivity index (χ3v) is 3.30. The van der Waals surface area contributed by atoms with Gasteiger partial charge in [-0.25, -0.2) is 0 Å². The molecule has 0 spiro atoms. The Labute approximate surface area is 108 Å². The van der Waals surface area contributed by atoms with Gasteiger partial charge in [0, 0.05) is 24.8 Å². The van der Waals surface area contributed by atoms with E-state index in [1.807, 2.05) is 33.0 Å². The fraction of sp³-hybridized carbons (Fsp3) is 0.500.